The lowest BCUT2D eigenvalue weighted by atomic mass is 9.76. The van der Waals surface area contributed by atoms with Crippen molar-refractivity contribution in [2.24, 2.45) is 5.92 Å². The SMILES string of the molecule is CN1c2c(nc(N)[nH]c2=O)NCC1CNc1ccc(C(=O)NC(CC(C(=O)O)[C@]2(CNc3ccc(C(=O)NC(CCC(=O)O)C(=O)O)cc3)CNc3nc(N)[nH]c(=O)c3N2C)C(=O)O)cc1. The van der Waals surface area contributed by atoms with Gasteiger partial charge in [0.1, 0.15) is 23.5 Å². The number of carboxylic acids is 4. The summed E-state index contributed by atoms with van der Waals surface area (Å²) in [4.78, 5) is 117. The lowest BCUT2D eigenvalue weighted by Crippen LogP contribution is -2.67. The highest BCUT2D eigenvalue weighted by Crippen LogP contribution is 2.38. The largest absolute Gasteiger partial charge is 0.481 e. The molecule has 0 saturated carbocycles. The zero-order chi connectivity index (χ0) is 48.0. The molecule has 2 aromatic carbocycles. The van der Waals surface area contributed by atoms with Crippen molar-refractivity contribution in [3.8, 4) is 0 Å². The highest BCUT2D eigenvalue weighted by atomic mass is 16.4. The van der Waals surface area contributed by atoms with E-state index in [1.54, 1.807) is 24.1 Å². The standard InChI is InChI=1S/C40H48N14O12/c1-53-22(15-44-29-27(53)33(59)51-38(41)49-29)14-43-20-7-3-19(4-8-20)32(58)48-25(37(65)66)13-23(35(61)62)40(17-46-30-28(54(40)2)34(60)52-39(42)50-30)16-45-21-9-5-18(6-10-21)31(57)47-24(36(63)64)11-12-26(55)56/h3-10,22-25,43,45H,11-17H2,1-2H3,(H,47,57)(H,48,58)(H,55,56)(H,61,62)(H,63,64)(H,65,66)(H4,41,44,49,51,59)(H4,42,46,50,52,60)/t22?,23?,24?,25?,40-/m0/s1. The number of carboxylic acid groups (broad SMARTS) is 4. The zero-order valence-corrected chi connectivity index (χ0v) is 35.4. The van der Waals surface area contributed by atoms with E-state index in [-0.39, 0.29) is 60.1 Å². The van der Waals surface area contributed by atoms with Crippen molar-refractivity contribution in [3.63, 3.8) is 0 Å². The number of aromatic amines is 2. The van der Waals surface area contributed by atoms with Crippen LogP contribution in [0.25, 0.3) is 0 Å². The molecular weight excluding hydrogens is 869 g/mol. The maximum atomic E-state index is 13.6. The number of hydrogen-bond donors (Lipinski definition) is 14. The van der Waals surface area contributed by atoms with Crippen molar-refractivity contribution in [2.75, 3.05) is 82.8 Å². The molecule has 4 unspecified atom stereocenters. The number of aromatic nitrogens is 4. The van der Waals surface area contributed by atoms with Crippen LogP contribution in [0, 0.1) is 5.92 Å². The predicted octanol–water partition coefficient (Wildman–Crippen LogP) is -0.905. The number of aliphatic carboxylic acids is 4. The minimum Gasteiger partial charge on any atom is -0.481 e. The third-order valence-electron chi connectivity index (χ3n) is 11.5. The number of nitrogens with one attached hydrogen (secondary N) is 8. The van der Waals surface area contributed by atoms with Crippen LogP contribution in [-0.4, -0.2) is 140 Å². The first kappa shape index (κ1) is 46.9. The lowest BCUT2D eigenvalue weighted by molar-refractivity contribution is -0.146. The zero-order valence-electron chi connectivity index (χ0n) is 35.4. The number of carbonyl (C=O) groups excluding carboxylic acids is 2. The van der Waals surface area contributed by atoms with E-state index in [9.17, 15) is 53.7 Å². The van der Waals surface area contributed by atoms with E-state index < -0.39 is 83.2 Å². The van der Waals surface area contributed by atoms with Gasteiger partial charge in [0.2, 0.25) is 11.9 Å². The normalized spacial score (nSPS) is 17.6. The topological polar surface area (TPSA) is 406 Å². The van der Waals surface area contributed by atoms with Gasteiger partial charge in [-0.1, -0.05) is 0 Å². The molecule has 6 rings (SSSR count). The van der Waals surface area contributed by atoms with Crippen molar-refractivity contribution < 1.29 is 49.2 Å². The predicted molar refractivity (Wildman–Crippen MR) is 239 cm³/mol. The van der Waals surface area contributed by atoms with E-state index in [1.807, 2.05) is 0 Å². The maximum Gasteiger partial charge on any atom is 0.326 e. The van der Waals surface area contributed by atoms with Gasteiger partial charge in [0.25, 0.3) is 22.9 Å². The molecule has 26 nitrogen and oxygen atoms in total. The summed E-state index contributed by atoms with van der Waals surface area (Å²) >= 11 is 0. The second kappa shape index (κ2) is 19.4. The quantitative estimate of drug-likeness (QED) is 0.0541. The second-order valence-electron chi connectivity index (χ2n) is 15.6. The monoisotopic (exact) mass is 916 g/mol. The summed E-state index contributed by atoms with van der Waals surface area (Å²) in [7, 11) is 3.18. The van der Waals surface area contributed by atoms with Crippen LogP contribution >= 0.6 is 0 Å². The molecule has 2 aromatic heterocycles. The summed E-state index contributed by atoms with van der Waals surface area (Å²) in [6.45, 7) is 0.280. The molecule has 0 fully saturated rings. The summed E-state index contributed by atoms with van der Waals surface area (Å²) in [5.74, 6) is -8.77. The molecule has 2 aliphatic heterocycles. The van der Waals surface area contributed by atoms with Crippen LogP contribution in [0.4, 0.5) is 46.3 Å². The van der Waals surface area contributed by atoms with E-state index in [1.165, 1.54) is 48.3 Å². The molecule has 66 heavy (non-hydrogen) atoms. The molecule has 4 aromatic rings. The first-order valence-electron chi connectivity index (χ1n) is 20.2. The third kappa shape index (κ3) is 10.3. The summed E-state index contributed by atoms with van der Waals surface area (Å²) in [6.07, 6.45) is -1.53. The van der Waals surface area contributed by atoms with Crippen molar-refractivity contribution in [3.05, 3.63) is 80.4 Å². The van der Waals surface area contributed by atoms with Gasteiger partial charge < -0.3 is 73.6 Å². The fraction of sp³-hybridized carbons (Fsp3) is 0.350. The van der Waals surface area contributed by atoms with Gasteiger partial charge in [-0.25, -0.2) is 9.59 Å². The number of amides is 2. The number of anilines is 8. The Hall–Kier alpha value is -8.58. The number of hydrogen-bond acceptors (Lipinski definition) is 18. The molecule has 2 aliphatic rings. The highest BCUT2D eigenvalue weighted by Gasteiger charge is 2.51. The molecule has 5 atom stereocenters. The van der Waals surface area contributed by atoms with Crippen LogP contribution < -0.4 is 64.3 Å². The number of nitrogens with two attached hydrogens (primary N) is 2. The van der Waals surface area contributed by atoms with Gasteiger partial charge in [-0.15, -0.1) is 0 Å². The molecule has 0 saturated heterocycles. The minimum atomic E-state index is -1.76. The van der Waals surface area contributed by atoms with Crippen LogP contribution in [0.3, 0.4) is 0 Å². The highest BCUT2D eigenvalue weighted by molar-refractivity contribution is 5.98. The number of nitrogen functional groups attached to an aromatic ring is 2. The Morgan fingerprint density at radius 2 is 1.26 bits per heavy atom. The maximum absolute atomic E-state index is 13.6. The number of H-pyrrole nitrogens is 2. The fourth-order valence-corrected chi connectivity index (χ4v) is 7.82. The van der Waals surface area contributed by atoms with Gasteiger partial charge in [0.05, 0.1) is 17.5 Å². The average Bonchev–Trinajstić information content (AvgIpc) is 3.25. The van der Waals surface area contributed by atoms with Crippen molar-refractivity contribution in [2.45, 2.75) is 42.9 Å². The first-order valence-corrected chi connectivity index (χ1v) is 20.2. The van der Waals surface area contributed by atoms with E-state index in [4.69, 9.17) is 16.6 Å². The Bertz CT molecular complexity index is 2640. The van der Waals surface area contributed by atoms with Crippen LogP contribution in [-0.2, 0) is 19.2 Å². The van der Waals surface area contributed by atoms with Gasteiger partial charge in [-0.3, -0.25) is 38.7 Å². The number of nitrogens with zero attached hydrogens (tertiary/aromatic N) is 4. The molecule has 0 radical (unpaired) electrons. The Morgan fingerprint density at radius 1 is 0.742 bits per heavy atom. The molecule has 0 bridgehead atoms. The number of likely N-dealkylation sites (N-methyl/N-ethyl adjacent to an activating group) is 2. The smallest absolute Gasteiger partial charge is 0.326 e. The molecular formula is C40H48N14O12. The van der Waals surface area contributed by atoms with Crippen molar-refractivity contribution in [1.29, 1.82) is 0 Å². The van der Waals surface area contributed by atoms with Crippen LogP contribution in [0.2, 0.25) is 0 Å². The summed E-state index contributed by atoms with van der Waals surface area (Å²) in [5, 5.41) is 56.7. The summed E-state index contributed by atoms with van der Waals surface area (Å²) in [6, 6.07) is 8.22. The van der Waals surface area contributed by atoms with Crippen LogP contribution in [0.15, 0.2) is 58.1 Å². The molecule has 0 spiro atoms. The van der Waals surface area contributed by atoms with E-state index in [2.05, 4.69) is 51.8 Å². The average molecular weight is 917 g/mol. The molecule has 350 valence electrons. The molecule has 26 heteroatoms. The number of benzene rings is 2. The number of fused-ring (bicyclic) bond motifs is 2. The van der Waals surface area contributed by atoms with Gasteiger partial charge in [0.15, 0.2) is 11.6 Å². The number of rotatable bonds is 19. The first-order chi connectivity index (χ1) is 31.3. The fourth-order valence-electron chi connectivity index (χ4n) is 7.82. The van der Waals surface area contributed by atoms with Gasteiger partial charge in [-0.05, 0) is 61.4 Å². The van der Waals surface area contributed by atoms with Gasteiger partial charge >= 0.3 is 23.9 Å². The summed E-state index contributed by atoms with van der Waals surface area (Å²) < 4.78 is 0. The van der Waals surface area contributed by atoms with Gasteiger partial charge in [0, 0.05) is 69.2 Å². The lowest BCUT2D eigenvalue weighted by Gasteiger charge is -2.50. The molecule has 16 N–H and O–H groups in total. The van der Waals surface area contributed by atoms with Crippen LogP contribution in [0.1, 0.15) is 40.0 Å². The van der Waals surface area contributed by atoms with E-state index in [0.717, 1.165) is 0 Å². The summed E-state index contributed by atoms with van der Waals surface area (Å²) in [5.41, 5.74) is 9.85. The minimum absolute atomic E-state index is 0.0163. The molecule has 2 amide bonds. The van der Waals surface area contributed by atoms with Crippen LogP contribution in [0.5, 0.6) is 0 Å². The second-order valence-corrected chi connectivity index (χ2v) is 15.6. The third-order valence-corrected chi connectivity index (χ3v) is 11.5. The Morgan fingerprint density at radius 3 is 1.79 bits per heavy atom. The van der Waals surface area contributed by atoms with E-state index >= 15 is 0 Å². The number of carbonyl (C=O) groups is 6. The molecule has 0 aliphatic carbocycles. The van der Waals surface area contributed by atoms with E-state index in [0.29, 0.717) is 36.0 Å². The Labute approximate surface area is 373 Å². The van der Waals surface area contributed by atoms with Gasteiger partial charge in [-0.2, -0.15) is 9.97 Å². The van der Waals surface area contributed by atoms with Crippen molar-refractivity contribution >= 4 is 82.0 Å². The Balaban J connectivity index is 1.18. The Kier molecular flexibility index (Phi) is 13.8. The molecule has 4 heterocycles. The van der Waals surface area contributed by atoms with Crippen molar-refractivity contribution in [1.82, 2.24) is 30.6 Å².